The molecule has 0 saturated heterocycles. The van der Waals surface area contributed by atoms with E-state index in [9.17, 15) is 0 Å². The van der Waals surface area contributed by atoms with E-state index in [2.05, 4.69) is 6.08 Å². The second-order valence-electron chi connectivity index (χ2n) is 3.24. The summed E-state index contributed by atoms with van der Waals surface area (Å²) in [6.45, 7) is 2.04. The smallest absolute Gasteiger partial charge is 0.0197 e. The van der Waals surface area contributed by atoms with Crippen LogP contribution in [0.3, 0.4) is 0 Å². The first-order valence-corrected chi connectivity index (χ1v) is 4.24. The zero-order valence-electron chi connectivity index (χ0n) is 6.77. The molecule has 10 heavy (non-hydrogen) atoms. The SMILES string of the molecule is CC(N)C=C1CCCCC1. The molecule has 0 aliphatic heterocycles. The van der Waals surface area contributed by atoms with E-state index < -0.39 is 0 Å². The van der Waals surface area contributed by atoms with E-state index >= 15 is 0 Å². The maximum absolute atomic E-state index is 5.65. The van der Waals surface area contributed by atoms with Gasteiger partial charge in [0, 0.05) is 6.04 Å². The molecule has 0 amide bonds. The fraction of sp³-hybridized carbons (Fsp3) is 0.778. The lowest BCUT2D eigenvalue weighted by molar-refractivity contribution is 0.594. The Balaban J connectivity index is 2.37. The topological polar surface area (TPSA) is 26.0 Å². The molecule has 1 saturated carbocycles. The number of hydrogen-bond acceptors (Lipinski definition) is 1. The van der Waals surface area contributed by atoms with Gasteiger partial charge in [-0.1, -0.05) is 18.1 Å². The third-order valence-corrected chi connectivity index (χ3v) is 1.99. The molecule has 2 N–H and O–H groups in total. The lowest BCUT2D eigenvalue weighted by Crippen LogP contribution is -2.12. The maximum atomic E-state index is 5.65. The average Bonchev–Trinajstić information content (AvgIpc) is 1.88. The van der Waals surface area contributed by atoms with Crippen molar-refractivity contribution in [3.05, 3.63) is 11.6 Å². The van der Waals surface area contributed by atoms with Gasteiger partial charge in [0.15, 0.2) is 0 Å². The Kier molecular flexibility index (Phi) is 2.94. The Bertz CT molecular complexity index is 117. The van der Waals surface area contributed by atoms with Crippen molar-refractivity contribution < 1.29 is 0 Å². The van der Waals surface area contributed by atoms with Crippen molar-refractivity contribution in [2.45, 2.75) is 45.1 Å². The van der Waals surface area contributed by atoms with Crippen molar-refractivity contribution in [2.24, 2.45) is 5.73 Å². The first kappa shape index (κ1) is 7.80. The molecule has 1 rings (SSSR count). The zero-order valence-corrected chi connectivity index (χ0v) is 6.77. The summed E-state index contributed by atoms with van der Waals surface area (Å²) in [6, 6.07) is 0.257. The molecule has 1 atom stereocenters. The fourth-order valence-electron chi connectivity index (χ4n) is 1.54. The van der Waals surface area contributed by atoms with Gasteiger partial charge in [-0.3, -0.25) is 0 Å². The van der Waals surface area contributed by atoms with Gasteiger partial charge in [-0.05, 0) is 32.6 Å². The molecule has 0 aromatic rings. The van der Waals surface area contributed by atoms with E-state index in [1.165, 1.54) is 32.1 Å². The average molecular weight is 139 g/mol. The third kappa shape index (κ3) is 2.53. The molecule has 1 heteroatoms. The molecule has 1 nitrogen and oxygen atoms in total. The summed E-state index contributed by atoms with van der Waals surface area (Å²) >= 11 is 0. The van der Waals surface area contributed by atoms with Crippen LogP contribution in [0.4, 0.5) is 0 Å². The molecular formula is C9H17N. The van der Waals surface area contributed by atoms with E-state index in [4.69, 9.17) is 5.73 Å². The van der Waals surface area contributed by atoms with Crippen LogP contribution in [0.2, 0.25) is 0 Å². The van der Waals surface area contributed by atoms with Gasteiger partial charge in [-0.15, -0.1) is 0 Å². The van der Waals surface area contributed by atoms with Gasteiger partial charge >= 0.3 is 0 Å². The molecule has 0 aromatic carbocycles. The highest BCUT2D eigenvalue weighted by Crippen LogP contribution is 2.22. The van der Waals surface area contributed by atoms with Gasteiger partial charge in [0.05, 0.1) is 0 Å². The minimum atomic E-state index is 0.257. The Morgan fingerprint density at radius 1 is 1.30 bits per heavy atom. The zero-order chi connectivity index (χ0) is 7.40. The van der Waals surface area contributed by atoms with Crippen LogP contribution in [0.5, 0.6) is 0 Å². The van der Waals surface area contributed by atoms with Crippen molar-refractivity contribution in [3.8, 4) is 0 Å². The fourth-order valence-corrected chi connectivity index (χ4v) is 1.54. The van der Waals surface area contributed by atoms with Crippen LogP contribution in [0.25, 0.3) is 0 Å². The van der Waals surface area contributed by atoms with Gasteiger partial charge in [0.2, 0.25) is 0 Å². The van der Waals surface area contributed by atoms with Gasteiger partial charge in [-0.25, -0.2) is 0 Å². The van der Waals surface area contributed by atoms with Crippen molar-refractivity contribution in [2.75, 3.05) is 0 Å². The van der Waals surface area contributed by atoms with Gasteiger partial charge in [0.1, 0.15) is 0 Å². The summed E-state index contributed by atoms with van der Waals surface area (Å²) in [5, 5.41) is 0. The first-order valence-electron chi connectivity index (χ1n) is 4.24. The van der Waals surface area contributed by atoms with E-state index in [0.29, 0.717) is 0 Å². The standard InChI is InChI=1S/C9H17N/c1-8(10)7-9-5-3-2-4-6-9/h7-8H,2-6,10H2,1H3. The molecular weight excluding hydrogens is 122 g/mol. The minimum Gasteiger partial charge on any atom is -0.325 e. The van der Waals surface area contributed by atoms with Crippen LogP contribution in [0.15, 0.2) is 11.6 Å². The molecule has 0 bridgehead atoms. The summed E-state index contributed by atoms with van der Waals surface area (Å²) < 4.78 is 0. The van der Waals surface area contributed by atoms with Crippen molar-refractivity contribution in [1.82, 2.24) is 0 Å². The van der Waals surface area contributed by atoms with Gasteiger partial charge in [0.25, 0.3) is 0 Å². The molecule has 1 unspecified atom stereocenters. The van der Waals surface area contributed by atoms with E-state index in [0.717, 1.165) is 0 Å². The molecule has 1 fully saturated rings. The van der Waals surface area contributed by atoms with Gasteiger partial charge in [-0.2, -0.15) is 0 Å². The monoisotopic (exact) mass is 139 g/mol. The van der Waals surface area contributed by atoms with E-state index in [1.54, 1.807) is 5.57 Å². The van der Waals surface area contributed by atoms with Crippen LogP contribution >= 0.6 is 0 Å². The summed E-state index contributed by atoms with van der Waals surface area (Å²) in [5.41, 5.74) is 7.23. The normalized spacial score (nSPS) is 22.4. The molecule has 0 radical (unpaired) electrons. The molecule has 0 aromatic heterocycles. The maximum Gasteiger partial charge on any atom is 0.0197 e. The predicted molar refractivity (Wildman–Crippen MR) is 44.8 cm³/mol. The Labute approximate surface area is 63.3 Å². The highest BCUT2D eigenvalue weighted by Gasteiger charge is 2.04. The van der Waals surface area contributed by atoms with Gasteiger partial charge < -0.3 is 5.73 Å². The predicted octanol–water partition coefficient (Wildman–Crippen LogP) is 2.22. The molecule has 0 spiro atoms. The van der Waals surface area contributed by atoms with Crippen molar-refractivity contribution >= 4 is 0 Å². The first-order chi connectivity index (χ1) is 4.79. The summed E-state index contributed by atoms with van der Waals surface area (Å²) in [4.78, 5) is 0. The van der Waals surface area contributed by atoms with Crippen LogP contribution in [0.1, 0.15) is 39.0 Å². The molecule has 58 valence electrons. The summed E-state index contributed by atoms with van der Waals surface area (Å²) in [5.74, 6) is 0. The molecule has 1 aliphatic rings. The highest BCUT2D eigenvalue weighted by molar-refractivity contribution is 5.07. The lowest BCUT2D eigenvalue weighted by atomic mass is 9.94. The Morgan fingerprint density at radius 2 is 1.90 bits per heavy atom. The van der Waals surface area contributed by atoms with Crippen LogP contribution in [0, 0.1) is 0 Å². The summed E-state index contributed by atoms with van der Waals surface area (Å²) in [7, 11) is 0. The van der Waals surface area contributed by atoms with E-state index in [-0.39, 0.29) is 6.04 Å². The number of hydrogen-bond donors (Lipinski definition) is 1. The number of allylic oxidation sites excluding steroid dienone is 1. The highest BCUT2D eigenvalue weighted by atomic mass is 14.6. The van der Waals surface area contributed by atoms with Crippen LogP contribution in [-0.2, 0) is 0 Å². The summed E-state index contributed by atoms with van der Waals surface area (Å²) in [6.07, 6.45) is 8.97. The second kappa shape index (κ2) is 3.77. The Morgan fingerprint density at radius 3 is 2.40 bits per heavy atom. The number of nitrogens with two attached hydrogens (primary N) is 1. The lowest BCUT2D eigenvalue weighted by Gasteiger charge is -2.14. The van der Waals surface area contributed by atoms with Crippen molar-refractivity contribution in [1.29, 1.82) is 0 Å². The largest absolute Gasteiger partial charge is 0.325 e. The van der Waals surface area contributed by atoms with Crippen LogP contribution < -0.4 is 5.73 Å². The molecule has 0 heterocycles. The van der Waals surface area contributed by atoms with Crippen LogP contribution in [-0.4, -0.2) is 6.04 Å². The van der Waals surface area contributed by atoms with Crippen molar-refractivity contribution in [3.63, 3.8) is 0 Å². The number of rotatable bonds is 1. The van der Waals surface area contributed by atoms with E-state index in [1.807, 2.05) is 6.92 Å². The Hall–Kier alpha value is -0.300. The third-order valence-electron chi connectivity index (χ3n) is 1.99. The second-order valence-corrected chi connectivity index (χ2v) is 3.24. The molecule has 1 aliphatic carbocycles. The minimum absolute atomic E-state index is 0.257. The quantitative estimate of drug-likeness (QED) is 0.554.